The quantitative estimate of drug-likeness (QED) is 0.375. The third-order valence-electron chi connectivity index (χ3n) is 5.21. The number of benzene rings is 2. The van der Waals surface area contributed by atoms with Gasteiger partial charge in [-0.25, -0.2) is 0 Å². The molecule has 2 aromatic heterocycles. The molecule has 4 aromatic rings. The first-order valence-electron chi connectivity index (χ1n) is 9.25. The van der Waals surface area contributed by atoms with Crippen LogP contribution in [-0.4, -0.2) is 15.9 Å². The van der Waals surface area contributed by atoms with E-state index in [9.17, 15) is 0 Å². The van der Waals surface area contributed by atoms with Gasteiger partial charge < -0.3 is 14.9 Å². The highest BCUT2D eigenvalue weighted by atomic mass is 16.4. The van der Waals surface area contributed by atoms with E-state index in [1.807, 2.05) is 30.3 Å². The summed E-state index contributed by atoms with van der Waals surface area (Å²) in [5, 5.41) is 26.0. The van der Waals surface area contributed by atoms with Crippen LogP contribution in [0, 0.1) is 11.3 Å². The lowest BCUT2D eigenvalue weighted by Crippen LogP contribution is -1.96. The zero-order valence-electron chi connectivity index (χ0n) is 15.4. The van der Waals surface area contributed by atoms with E-state index in [2.05, 4.69) is 27.6 Å². The summed E-state index contributed by atoms with van der Waals surface area (Å²) in [7, 11) is 0. The Morgan fingerprint density at radius 2 is 1.97 bits per heavy atom. The average molecular weight is 380 g/mol. The SMILES string of the molecule is N#Cc1ccc(-c2oc3cnccc3c2Nc2ccc3c(c2)CC/C3=N\O)cc1. The van der Waals surface area contributed by atoms with E-state index >= 15 is 0 Å². The van der Waals surface area contributed by atoms with Crippen LogP contribution in [-0.2, 0) is 6.42 Å². The molecule has 1 aliphatic carbocycles. The highest BCUT2D eigenvalue weighted by molar-refractivity contribution is 6.05. The normalized spacial score (nSPS) is 14.1. The zero-order chi connectivity index (χ0) is 19.8. The first-order valence-corrected chi connectivity index (χ1v) is 9.25. The highest BCUT2D eigenvalue weighted by Crippen LogP contribution is 2.40. The van der Waals surface area contributed by atoms with Crippen molar-refractivity contribution < 1.29 is 9.62 Å². The van der Waals surface area contributed by atoms with Gasteiger partial charge in [-0.1, -0.05) is 11.2 Å². The largest absolute Gasteiger partial charge is 0.452 e. The Balaban J connectivity index is 1.60. The second-order valence-corrected chi connectivity index (χ2v) is 6.91. The number of nitrogens with one attached hydrogen (secondary N) is 1. The maximum Gasteiger partial charge on any atom is 0.158 e. The molecule has 2 aromatic carbocycles. The summed E-state index contributed by atoms with van der Waals surface area (Å²) in [6, 6.07) is 17.4. The number of furan rings is 1. The number of hydrogen-bond acceptors (Lipinski definition) is 6. The van der Waals surface area contributed by atoms with E-state index in [0.717, 1.165) is 52.0 Å². The molecule has 5 rings (SSSR count). The lowest BCUT2D eigenvalue weighted by Gasteiger charge is -2.10. The van der Waals surface area contributed by atoms with Crippen LogP contribution in [0.15, 0.2) is 70.5 Å². The fourth-order valence-electron chi connectivity index (χ4n) is 3.77. The van der Waals surface area contributed by atoms with Crippen molar-refractivity contribution in [1.82, 2.24) is 4.98 Å². The number of oxime groups is 1. The number of nitriles is 1. The maximum absolute atomic E-state index is 9.14. The Hall–Kier alpha value is -4.11. The van der Waals surface area contributed by atoms with Gasteiger partial charge in [-0.3, -0.25) is 4.98 Å². The number of hydrogen-bond donors (Lipinski definition) is 2. The Bertz CT molecular complexity index is 1300. The molecule has 2 N–H and O–H groups in total. The van der Waals surface area contributed by atoms with Crippen LogP contribution < -0.4 is 5.32 Å². The number of rotatable bonds is 3. The summed E-state index contributed by atoms with van der Waals surface area (Å²) in [6.07, 6.45) is 5.02. The molecule has 0 spiro atoms. The topological polar surface area (TPSA) is 94.4 Å². The van der Waals surface area contributed by atoms with Crippen molar-refractivity contribution >= 4 is 28.1 Å². The minimum atomic E-state index is 0.598. The molecular formula is C23H16N4O2. The molecule has 0 bridgehead atoms. The molecule has 0 aliphatic heterocycles. The summed E-state index contributed by atoms with van der Waals surface area (Å²) < 4.78 is 6.10. The second-order valence-electron chi connectivity index (χ2n) is 6.91. The second kappa shape index (κ2) is 6.80. The van der Waals surface area contributed by atoms with Gasteiger partial charge in [0.1, 0.15) is 0 Å². The number of aromatic nitrogens is 1. The molecule has 6 heteroatoms. The molecule has 29 heavy (non-hydrogen) atoms. The number of anilines is 2. The van der Waals surface area contributed by atoms with Crippen molar-refractivity contribution in [1.29, 1.82) is 5.26 Å². The molecule has 0 atom stereocenters. The smallest absolute Gasteiger partial charge is 0.158 e. The van der Waals surface area contributed by atoms with Crippen molar-refractivity contribution in [2.45, 2.75) is 12.8 Å². The van der Waals surface area contributed by atoms with Crippen LogP contribution >= 0.6 is 0 Å². The van der Waals surface area contributed by atoms with Crippen molar-refractivity contribution in [3.8, 4) is 17.4 Å². The number of pyridine rings is 1. The first-order chi connectivity index (χ1) is 14.3. The monoisotopic (exact) mass is 380 g/mol. The molecule has 0 amide bonds. The minimum Gasteiger partial charge on any atom is -0.452 e. The maximum atomic E-state index is 9.14. The number of nitrogens with zero attached hydrogens (tertiary/aromatic N) is 3. The third kappa shape index (κ3) is 2.89. The molecule has 0 unspecified atom stereocenters. The fraction of sp³-hybridized carbons (Fsp3) is 0.0870. The van der Waals surface area contributed by atoms with E-state index in [-0.39, 0.29) is 0 Å². The van der Waals surface area contributed by atoms with Gasteiger partial charge in [0.05, 0.1) is 29.2 Å². The third-order valence-corrected chi connectivity index (χ3v) is 5.21. The van der Waals surface area contributed by atoms with Gasteiger partial charge >= 0.3 is 0 Å². The highest BCUT2D eigenvalue weighted by Gasteiger charge is 2.20. The van der Waals surface area contributed by atoms with Crippen molar-refractivity contribution in [3.05, 3.63) is 77.6 Å². The fourth-order valence-corrected chi connectivity index (χ4v) is 3.77. The van der Waals surface area contributed by atoms with Gasteiger partial charge in [-0.2, -0.15) is 5.26 Å². The first kappa shape index (κ1) is 17.0. The van der Waals surface area contributed by atoms with Gasteiger partial charge in [0, 0.05) is 28.4 Å². The molecule has 0 fully saturated rings. The molecular weight excluding hydrogens is 364 g/mol. The lowest BCUT2D eigenvalue weighted by molar-refractivity contribution is 0.318. The van der Waals surface area contributed by atoms with E-state index in [1.54, 1.807) is 24.5 Å². The van der Waals surface area contributed by atoms with E-state index < -0.39 is 0 Å². The average Bonchev–Trinajstić information content (AvgIpc) is 3.35. The standard InChI is InChI=1S/C23H16N4O2/c24-12-14-1-3-15(4-2-14)23-22(19-9-10-25-13-21(19)29-23)26-17-6-7-18-16(11-17)5-8-20(18)27-28/h1-4,6-7,9-11,13,26,28H,5,8H2/b27-20+. The Morgan fingerprint density at radius 1 is 1.10 bits per heavy atom. The van der Waals surface area contributed by atoms with Crippen molar-refractivity contribution in [2.75, 3.05) is 5.32 Å². The zero-order valence-corrected chi connectivity index (χ0v) is 15.4. The molecule has 0 radical (unpaired) electrons. The Morgan fingerprint density at radius 3 is 2.76 bits per heavy atom. The summed E-state index contributed by atoms with van der Waals surface area (Å²) in [4.78, 5) is 4.16. The lowest BCUT2D eigenvalue weighted by atomic mass is 10.1. The van der Waals surface area contributed by atoms with Gasteiger partial charge in [-0.15, -0.1) is 0 Å². The Labute approximate surface area is 166 Å². The van der Waals surface area contributed by atoms with Gasteiger partial charge in [-0.05, 0) is 60.9 Å². The van der Waals surface area contributed by atoms with E-state index in [1.165, 1.54) is 0 Å². The summed E-state index contributed by atoms with van der Waals surface area (Å²) in [5.41, 5.74) is 6.80. The molecule has 0 saturated heterocycles. The minimum absolute atomic E-state index is 0.598. The van der Waals surface area contributed by atoms with Crippen LogP contribution in [0.4, 0.5) is 11.4 Å². The molecule has 6 nitrogen and oxygen atoms in total. The van der Waals surface area contributed by atoms with Crippen LogP contribution in [0.3, 0.4) is 0 Å². The molecule has 140 valence electrons. The van der Waals surface area contributed by atoms with Crippen LogP contribution in [0.5, 0.6) is 0 Å². The van der Waals surface area contributed by atoms with E-state index in [0.29, 0.717) is 16.9 Å². The predicted octanol–water partition coefficient (Wildman–Crippen LogP) is 5.23. The Kier molecular flexibility index (Phi) is 3.99. The van der Waals surface area contributed by atoms with Crippen LogP contribution in [0.1, 0.15) is 23.1 Å². The van der Waals surface area contributed by atoms with Crippen molar-refractivity contribution in [2.24, 2.45) is 5.16 Å². The van der Waals surface area contributed by atoms with Crippen molar-refractivity contribution in [3.63, 3.8) is 0 Å². The van der Waals surface area contributed by atoms with E-state index in [4.69, 9.17) is 14.9 Å². The van der Waals surface area contributed by atoms with Gasteiger partial charge in [0.2, 0.25) is 0 Å². The van der Waals surface area contributed by atoms with Gasteiger partial charge in [0.25, 0.3) is 0 Å². The van der Waals surface area contributed by atoms with Crippen LogP contribution in [0.25, 0.3) is 22.3 Å². The molecule has 2 heterocycles. The summed E-state index contributed by atoms with van der Waals surface area (Å²) in [6.45, 7) is 0. The molecule has 0 saturated carbocycles. The number of aryl methyl sites for hydroxylation is 1. The predicted molar refractivity (Wildman–Crippen MR) is 111 cm³/mol. The van der Waals surface area contributed by atoms with Crippen LogP contribution in [0.2, 0.25) is 0 Å². The molecule has 1 aliphatic rings. The van der Waals surface area contributed by atoms with Gasteiger partial charge in [0.15, 0.2) is 11.3 Å². The summed E-state index contributed by atoms with van der Waals surface area (Å²) in [5.74, 6) is 0.690. The number of fused-ring (bicyclic) bond motifs is 2. The summed E-state index contributed by atoms with van der Waals surface area (Å²) >= 11 is 0.